The van der Waals surface area contributed by atoms with Gasteiger partial charge in [-0.2, -0.15) is 0 Å². The quantitative estimate of drug-likeness (QED) is 0.705. The van der Waals surface area contributed by atoms with Gasteiger partial charge in [-0.3, -0.25) is 0 Å². The Morgan fingerprint density at radius 2 is 1.82 bits per heavy atom. The largest absolute Gasteiger partial charge is 0.322 e. The lowest BCUT2D eigenvalue weighted by Gasteiger charge is -2.28. The van der Waals surface area contributed by atoms with Gasteiger partial charge in [0.05, 0.1) is 5.69 Å². The summed E-state index contributed by atoms with van der Waals surface area (Å²) >= 11 is 1.66. The molecule has 2 amide bonds. The molecule has 0 atom stereocenters. The first-order valence-electron chi connectivity index (χ1n) is 7.40. The molecule has 1 aliphatic heterocycles. The van der Waals surface area contributed by atoms with Crippen molar-refractivity contribution in [2.45, 2.75) is 13.0 Å². The van der Waals surface area contributed by atoms with Gasteiger partial charge in [0.1, 0.15) is 0 Å². The molecular formula is C18H16N2OS. The van der Waals surface area contributed by atoms with Gasteiger partial charge in [-0.15, -0.1) is 11.3 Å². The molecule has 0 saturated heterocycles. The van der Waals surface area contributed by atoms with Gasteiger partial charge in [0, 0.05) is 28.6 Å². The summed E-state index contributed by atoms with van der Waals surface area (Å²) in [6.45, 7) is 1.45. The fourth-order valence-electron chi connectivity index (χ4n) is 2.94. The highest BCUT2D eigenvalue weighted by Gasteiger charge is 2.20. The molecule has 2 aromatic carbocycles. The van der Waals surface area contributed by atoms with E-state index in [1.54, 1.807) is 11.3 Å². The van der Waals surface area contributed by atoms with Gasteiger partial charge >= 0.3 is 6.03 Å². The van der Waals surface area contributed by atoms with Crippen LogP contribution in [0.25, 0.3) is 10.1 Å². The van der Waals surface area contributed by atoms with Crippen molar-refractivity contribution in [3.63, 3.8) is 0 Å². The van der Waals surface area contributed by atoms with Crippen molar-refractivity contribution in [2.75, 3.05) is 11.9 Å². The second kappa shape index (κ2) is 5.46. The van der Waals surface area contributed by atoms with Crippen LogP contribution in [-0.2, 0) is 13.0 Å². The smallest absolute Gasteiger partial charge is 0.320 e. The second-order valence-electron chi connectivity index (χ2n) is 5.52. The first kappa shape index (κ1) is 13.3. The number of urea groups is 1. The summed E-state index contributed by atoms with van der Waals surface area (Å²) in [6.07, 6.45) is 0.925. The van der Waals surface area contributed by atoms with Crippen molar-refractivity contribution in [1.29, 1.82) is 0 Å². The van der Waals surface area contributed by atoms with Crippen LogP contribution in [-0.4, -0.2) is 17.5 Å². The van der Waals surface area contributed by atoms with Crippen molar-refractivity contribution in [2.24, 2.45) is 0 Å². The lowest BCUT2D eigenvalue weighted by Crippen LogP contribution is -2.38. The van der Waals surface area contributed by atoms with Gasteiger partial charge in [-0.1, -0.05) is 42.5 Å². The first-order chi connectivity index (χ1) is 10.8. The zero-order valence-corrected chi connectivity index (χ0v) is 12.9. The Morgan fingerprint density at radius 3 is 2.73 bits per heavy atom. The van der Waals surface area contributed by atoms with Gasteiger partial charge in [-0.05, 0) is 23.6 Å². The van der Waals surface area contributed by atoms with Crippen LogP contribution in [0.1, 0.15) is 11.1 Å². The molecule has 22 heavy (non-hydrogen) atoms. The van der Waals surface area contributed by atoms with Crippen LogP contribution in [0.5, 0.6) is 0 Å². The summed E-state index contributed by atoms with van der Waals surface area (Å²) in [6, 6.07) is 16.5. The maximum atomic E-state index is 12.5. The zero-order chi connectivity index (χ0) is 14.9. The SMILES string of the molecule is O=C(Nc1csc2ccccc12)N1CCc2ccccc2C1. The van der Waals surface area contributed by atoms with Gasteiger partial charge in [0.15, 0.2) is 0 Å². The Labute approximate surface area is 133 Å². The van der Waals surface area contributed by atoms with Crippen LogP contribution in [0.3, 0.4) is 0 Å². The van der Waals surface area contributed by atoms with Crippen molar-refractivity contribution >= 4 is 33.1 Å². The van der Waals surface area contributed by atoms with Gasteiger partial charge in [0.25, 0.3) is 0 Å². The number of benzene rings is 2. The van der Waals surface area contributed by atoms with Gasteiger partial charge in [-0.25, -0.2) is 4.79 Å². The Hall–Kier alpha value is -2.33. The molecule has 0 radical (unpaired) electrons. The average Bonchev–Trinajstić information content (AvgIpc) is 2.97. The summed E-state index contributed by atoms with van der Waals surface area (Å²) < 4.78 is 1.20. The molecule has 0 saturated carbocycles. The molecule has 3 aromatic rings. The van der Waals surface area contributed by atoms with Crippen LogP contribution in [0.2, 0.25) is 0 Å². The molecule has 1 aromatic heterocycles. The first-order valence-corrected chi connectivity index (χ1v) is 8.28. The summed E-state index contributed by atoms with van der Waals surface area (Å²) in [5, 5.41) is 6.19. The normalized spacial score (nSPS) is 13.9. The van der Waals surface area contributed by atoms with E-state index in [2.05, 4.69) is 29.6 Å². The summed E-state index contributed by atoms with van der Waals surface area (Å²) in [5.74, 6) is 0. The van der Waals surface area contributed by atoms with Crippen molar-refractivity contribution in [3.05, 3.63) is 65.0 Å². The van der Waals surface area contributed by atoms with Crippen molar-refractivity contribution < 1.29 is 4.79 Å². The summed E-state index contributed by atoms with van der Waals surface area (Å²) in [7, 11) is 0. The van der Waals surface area contributed by atoms with Crippen molar-refractivity contribution in [3.8, 4) is 0 Å². The third kappa shape index (κ3) is 2.35. The highest BCUT2D eigenvalue weighted by molar-refractivity contribution is 7.17. The van der Waals surface area contributed by atoms with E-state index in [-0.39, 0.29) is 6.03 Å². The number of fused-ring (bicyclic) bond motifs is 2. The Bertz CT molecular complexity index is 840. The minimum absolute atomic E-state index is 0.0157. The molecule has 0 spiro atoms. The van der Waals surface area contributed by atoms with E-state index < -0.39 is 0 Å². The Morgan fingerprint density at radius 1 is 1.05 bits per heavy atom. The summed E-state index contributed by atoms with van der Waals surface area (Å²) in [4.78, 5) is 14.4. The average molecular weight is 308 g/mol. The zero-order valence-electron chi connectivity index (χ0n) is 12.1. The van der Waals surface area contributed by atoms with Crippen LogP contribution in [0, 0.1) is 0 Å². The fraction of sp³-hybridized carbons (Fsp3) is 0.167. The van der Waals surface area contributed by atoms with E-state index in [9.17, 15) is 4.79 Å². The standard InChI is InChI=1S/C18H16N2OS/c21-18(19-16-12-22-17-8-4-3-7-15(16)17)20-10-9-13-5-1-2-6-14(13)11-20/h1-8,12H,9-11H2,(H,19,21). The number of anilines is 1. The maximum absolute atomic E-state index is 12.5. The molecule has 4 rings (SSSR count). The van der Waals surface area contributed by atoms with Gasteiger partial charge in [0.2, 0.25) is 0 Å². The lowest BCUT2D eigenvalue weighted by molar-refractivity contribution is 0.206. The number of rotatable bonds is 1. The molecule has 3 nitrogen and oxygen atoms in total. The predicted octanol–water partition coefficient (Wildman–Crippen LogP) is 4.49. The molecule has 110 valence electrons. The fourth-order valence-corrected chi connectivity index (χ4v) is 3.83. The topological polar surface area (TPSA) is 32.3 Å². The van der Waals surface area contributed by atoms with E-state index in [1.807, 2.05) is 34.5 Å². The Kier molecular flexibility index (Phi) is 3.31. The van der Waals surface area contributed by atoms with E-state index in [0.717, 1.165) is 24.0 Å². The minimum atomic E-state index is -0.0157. The molecule has 2 heterocycles. The molecule has 0 unspecified atom stereocenters. The lowest BCUT2D eigenvalue weighted by atomic mass is 10.0. The molecule has 0 fully saturated rings. The maximum Gasteiger partial charge on any atom is 0.322 e. The number of hydrogen-bond acceptors (Lipinski definition) is 2. The number of nitrogens with one attached hydrogen (secondary N) is 1. The number of hydrogen-bond donors (Lipinski definition) is 1. The predicted molar refractivity (Wildman–Crippen MR) is 91.4 cm³/mol. The number of thiophene rings is 1. The third-order valence-electron chi connectivity index (χ3n) is 4.14. The molecule has 0 bridgehead atoms. The Balaban J connectivity index is 1.54. The number of carbonyl (C=O) groups is 1. The highest BCUT2D eigenvalue weighted by Crippen LogP contribution is 2.30. The second-order valence-corrected chi connectivity index (χ2v) is 6.43. The monoisotopic (exact) mass is 308 g/mol. The molecular weight excluding hydrogens is 292 g/mol. The van der Waals surface area contributed by atoms with E-state index >= 15 is 0 Å². The van der Waals surface area contributed by atoms with Gasteiger partial charge < -0.3 is 10.2 Å². The minimum Gasteiger partial charge on any atom is -0.320 e. The highest BCUT2D eigenvalue weighted by atomic mass is 32.1. The summed E-state index contributed by atoms with van der Waals surface area (Å²) in [5.41, 5.74) is 3.51. The van der Waals surface area contributed by atoms with Crippen molar-refractivity contribution in [1.82, 2.24) is 4.90 Å². The molecule has 0 aliphatic carbocycles. The number of amides is 2. The number of carbonyl (C=O) groups excluding carboxylic acids is 1. The van der Waals surface area contributed by atoms with E-state index in [0.29, 0.717) is 6.54 Å². The van der Waals surface area contributed by atoms with Crippen LogP contribution >= 0.6 is 11.3 Å². The number of nitrogens with zero attached hydrogens (tertiary/aromatic N) is 1. The molecule has 1 aliphatic rings. The molecule has 1 N–H and O–H groups in total. The van der Waals surface area contributed by atoms with Crippen LogP contribution < -0.4 is 5.32 Å². The van der Waals surface area contributed by atoms with E-state index in [1.165, 1.54) is 15.8 Å². The van der Waals surface area contributed by atoms with Crippen LogP contribution in [0.15, 0.2) is 53.9 Å². The third-order valence-corrected chi connectivity index (χ3v) is 5.10. The molecule has 4 heteroatoms. The van der Waals surface area contributed by atoms with E-state index in [4.69, 9.17) is 0 Å². The van der Waals surface area contributed by atoms with Crippen LogP contribution in [0.4, 0.5) is 10.5 Å².